The van der Waals surface area contributed by atoms with E-state index in [1.807, 2.05) is 32.1 Å². The van der Waals surface area contributed by atoms with E-state index in [9.17, 15) is 13.6 Å². The van der Waals surface area contributed by atoms with E-state index in [4.69, 9.17) is 5.73 Å². The van der Waals surface area contributed by atoms with Crippen molar-refractivity contribution >= 4 is 5.91 Å². The highest BCUT2D eigenvalue weighted by Gasteiger charge is 2.26. The molecule has 3 N–H and O–H groups in total. The standard InChI is InChI=1S/C14H22F2N2O/c1-11(2)5-4-6-12(3)7-8-13(19)18-10-14(15,16)9-17/h4-6H,1,7-10,17H2,2-3H3,(H,18,19)/b5-4-,12-6+. The summed E-state index contributed by atoms with van der Waals surface area (Å²) in [6.45, 7) is 6.01. The van der Waals surface area contributed by atoms with Gasteiger partial charge in [-0.15, -0.1) is 0 Å². The maximum absolute atomic E-state index is 12.8. The Labute approximate surface area is 113 Å². The Morgan fingerprint density at radius 3 is 2.53 bits per heavy atom. The maximum atomic E-state index is 12.8. The first kappa shape index (κ1) is 17.5. The molecule has 108 valence electrons. The lowest BCUT2D eigenvalue weighted by atomic mass is 10.1. The molecule has 0 heterocycles. The van der Waals surface area contributed by atoms with E-state index >= 15 is 0 Å². The summed E-state index contributed by atoms with van der Waals surface area (Å²) in [6.07, 6.45) is 6.28. The molecular weight excluding hydrogens is 250 g/mol. The van der Waals surface area contributed by atoms with Crippen LogP contribution < -0.4 is 11.1 Å². The van der Waals surface area contributed by atoms with Crippen LogP contribution in [0.3, 0.4) is 0 Å². The van der Waals surface area contributed by atoms with Gasteiger partial charge in [0.15, 0.2) is 0 Å². The molecule has 0 aromatic carbocycles. The number of alkyl halides is 2. The van der Waals surface area contributed by atoms with E-state index in [0.29, 0.717) is 6.42 Å². The van der Waals surface area contributed by atoms with Crippen molar-refractivity contribution in [1.29, 1.82) is 0 Å². The molecule has 0 aliphatic heterocycles. The fourth-order valence-corrected chi connectivity index (χ4v) is 1.16. The molecule has 0 rings (SSSR count). The van der Waals surface area contributed by atoms with Crippen molar-refractivity contribution in [2.75, 3.05) is 13.1 Å². The molecule has 0 spiro atoms. The van der Waals surface area contributed by atoms with Crippen molar-refractivity contribution in [2.45, 2.75) is 32.6 Å². The Balaban J connectivity index is 4.00. The molecule has 1 amide bonds. The lowest BCUT2D eigenvalue weighted by molar-refractivity contribution is -0.122. The molecule has 0 aliphatic rings. The molecule has 0 aliphatic carbocycles. The molecule has 0 fully saturated rings. The lowest BCUT2D eigenvalue weighted by Gasteiger charge is -2.14. The molecule has 0 unspecified atom stereocenters. The van der Waals surface area contributed by atoms with Crippen molar-refractivity contribution in [2.24, 2.45) is 5.73 Å². The van der Waals surface area contributed by atoms with Crippen molar-refractivity contribution in [3.8, 4) is 0 Å². The number of amides is 1. The average Bonchev–Trinajstić information content (AvgIpc) is 2.33. The number of carbonyl (C=O) groups is 1. The highest BCUT2D eigenvalue weighted by atomic mass is 19.3. The van der Waals surface area contributed by atoms with Gasteiger partial charge in [0.25, 0.3) is 5.92 Å². The minimum absolute atomic E-state index is 0.184. The van der Waals surface area contributed by atoms with Crippen LogP contribution >= 0.6 is 0 Å². The first-order valence-electron chi connectivity index (χ1n) is 6.11. The van der Waals surface area contributed by atoms with Gasteiger partial charge in [0.2, 0.25) is 5.91 Å². The summed E-state index contributed by atoms with van der Waals surface area (Å²) in [4.78, 5) is 11.3. The summed E-state index contributed by atoms with van der Waals surface area (Å²) in [5, 5.41) is 2.18. The predicted molar refractivity (Wildman–Crippen MR) is 74.0 cm³/mol. The smallest absolute Gasteiger partial charge is 0.277 e. The molecule has 0 radical (unpaired) electrons. The van der Waals surface area contributed by atoms with Crippen molar-refractivity contribution in [3.63, 3.8) is 0 Å². The number of carbonyl (C=O) groups excluding carboxylic acids is 1. The van der Waals surface area contributed by atoms with Crippen LogP contribution in [0.1, 0.15) is 26.7 Å². The van der Waals surface area contributed by atoms with Crippen LogP contribution in [-0.4, -0.2) is 24.9 Å². The van der Waals surface area contributed by atoms with Gasteiger partial charge in [-0.2, -0.15) is 0 Å². The molecule has 0 aromatic heterocycles. The van der Waals surface area contributed by atoms with Gasteiger partial charge in [-0.1, -0.05) is 36.0 Å². The summed E-state index contributed by atoms with van der Waals surface area (Å²) in [7, 11) is 0. The first-order chi connectivity index (χ1) is 8.76. The quantitative estimate of drug-likeness (QED) is 0.667. The van der Waals surface area contributed by atoms with Gasteiger partial charge in [0.1, 0.15) is 0 Å². The Bertz CT molecular complexity index is 374. The van der Waals surface area contributed by atoms with Gasteiger partial charge in [-0.25, -0.2) is 8.78 Å². The minimum Gasteiger partial charge on any atom is -0.350 e. The molecule has 3 nitrogen and oxygen atoms in total. The van der Waals surface area contributed by atoms with Crippen LogP contribution in [0.2, 0.25) is 0 Å². The third-order valence-electron chi connectivity index (χ3n) is 2.35. The normalized spacial score (nSPS) is 12.8. The number of nitrogens with two attached hydrogens (primary N) is 1. The van der Waals surface area contributed by atoms with E-state index in [0.717, 1.165) is 11.1 Å². The Morgan fingerprint density at radius 2 is 2.00 bits per heavy atom. The van der Waals surface area contributed by atoms with Gasteiger partial charge in [-0.05, 0) is 20.3 Å². The molecule has 0 saturated carbocycles. The largest absolute Gasteiger partial charge is 0.350 e. The number of hydrogen-bond acceptors (Lipinski definition) is 2. The fourth-order valence-electron chi connectivity index (χ4n) is 1.16. The average molecular weight is 272 g/mol. The Morgan fingerprint density at radius 1 is 1.37 bits per heavy atom. The first-order valence-corrected chi connectivity index (χ1v) is 6.11. The SMILES string of the molecule is C=C(C)/C=C\C=C(/C)CCC(=O)NCC(F)(F)CN. The third-order valence-corrected chi connectivity index (χ3v) is 2.35. The number of hydrogen-bond donors (Lipinski definition) is 2. The third kappa shape index (κ3) is 10.1. The maximum Gasteiger partial charge on any atom is 0.277 e. The summed E-state index contributed by atoms with van der Waals surface area (Å²) in [5.74, 6) is -3.44. The van der Waals surface area contributed by atoms with Gasteiger partial charge in [0, 0.05) is 6.42 Å². The van der Waals surface area contributed by atoms with Gasteiger partial charge in [0.05, 0.1) is 13.1 Å². The zero-order valence-electron chi connectivity index (χ0n) is 11.5. The van der Waals surface area contributed by atoms with Crippen LogP contribution in [0.25, 0.3) is 0 Å². The van der Waals surface area contributed by atoms with Crippen molar-refractivity contribution < 1.29 is 13.6 Å². The summed E-state index contributed by atoms with van der Waals surface area (Å²) < 4.78 is 25.6. The second-order valence-corrected chi connectivity index (χ2v) is 4.56. The van der Waals surface area contributed by atoms with E-state index in [1.54, 1.807) is 0 Å². The summed E-state index contributed by atoms with van der Waals surface area (Å²) in [6, 6.07) is 0. The second kappa shape index (κ2) is 8.58. The number of rotatable bonds is 8. The summed E-state index contributed by atoms with van der Waals surface area (Å²) in [5.41, 5.74) is 6.80. The van der Waals surface area contributed by atoms with Gasteiger partial charge in [-0.3, -0.25) is 4.79 Å². The molecule has 0 bridgehead atoms. The number of nitrogens with one attached hydrogen (secondary N) is 1. The molecule has 0 aromatic rings. The molecule has 19 heavy (non-hydrogen) atoms. The topological polar surface area (TPSA) is 55.1 Å². The zero-order valence-corrected chi connectivity index (χ0v) is 11.5. The zero-order chi connectivity index (χ0) is 14.9. The minimum atomic E-state index is -3.04. The molecule has 5 heteroatoms. The Hall–Kier alpha value is -1.49. The summed E-state index contributed by atoms with van der Waals surface area (Å²) >= 11 is 0. The molecule has 0 saturated heterocycles. The van der Waals surface area contributed by atoms with Crippen molar-refractivity contribution in [1.82, 2.24) is 5.32 Å². The number of allylic oxidation sites excluding steroid dienone is 5. The fraction of sp³-hybridized carbons (Fsp3) is 0.500. The van der Waals surface area contributed by atoms with Gasteiger partial charge < -0.3 is 11.1 Å². The van der Waals surface area contributed by atoms with Crippen LogP contribution in [0.15, 0.2) is 36.0 Å². The van der Waals surface area contributed by atoms with Crippen LogP contribution in [0.4, 0.5) is 8.78 Å². The highest BCUT2D eigenvalue weighted by Crippen LogP contribution is 2.09. The lowest BCUT2D eigenvalue weighted by Crippen LogP contribution is -2.41. The van der Waals surface area contributed by atoms with E-state index in [-0.39, 0.29) is 6.42 Å². The second-order valence-electron chi connectivity index (χ2n) is 4.56. The number of halogens is 2. The van der Waals surface area contributed by atoms with Crippen LogP contribution in [0.5, 0.6) is 0 Å². The van der Waals surface area contributed by atoms with E-state index in [2.05, 4.69) is 11.9 Å². The predicted octanol–water partition coefficient (Wildman–Crippen LogP) is 2.56. The molecule has 0 atom stereocenters. The monoisotopic (exact) mass is 272 g/mol. The van der Waals surface area contributed by atoms with Gasteiger partial charge >= 0.3 is 0 Å². The van der Waals surface area contributed by atoms with Crippen LogP contribution in [-0.2, 0) is 4.79 Å². The van der Waals surface area contributed by atoms with E-state index < -0.39 is 24.9 Å². The molecular formula is C14H22F2N2O. The van der Waals surface area contributed by atoms with Crippen LogP contribution in [0, 0.1) is 0 Å². The van der Waals surface area contributed by atoms with Crippen molar-refractivity contribution in [3.05, 3.63) is 36.0 Å². The highest BCUT2D eigenvalue weighted by molar-refractivity contribution is 5.76. The Kier molecular flexibility index (Phi) is 7.91. The van der Waals surface area contributed by atoms with E-state index in [1.165, 1.54) is 0 Å².